The van der Waals surface area contributed by atoms with Gasteiger partial charge in [0, 0.05) is 37.8 Å². The molecule has 2 fully saturated rings. The van der Waals surface area contributed by atoms with Gasteiger partial charge < -0.3 is 14.5 Å². The van der Waals surface area contributed by atoms with Crippen molar-refractivity contribution in [2.24, 2.45) is 5.92 Å². The van der Waals surface area contributed by atoms with Crippen LogP contribution in [0.3, 0.4) is 0 Å². The molecule has 0 aliphatic carbocycles. The predicted molar refractivity (Wildman–Crippen MR) is 110 cm³/mol. The Morgan fingerprint density at radius 2 is 1.82 bits per heavy atom. The molecule has 28 heavy (non-hydrogen) atoms. The lowest BCUT2D eigenvalue weighted by Crippen LogP contribution is -2.47. The van der Waals surface area contributed by atoms with Crippen LogP contribution in [0.15, 0.2) is 47.8 Å². The summed E-state index contributed by atoms with van der Waals surface area (Å²) in [6.45, 7) is 4.47. The summed E-state index contributed by atoms with van der Waals surface area (Å²) in [5.41, 5.74) is 1.28. The lowest BCUT2D eigenvalue weighted by Gasteiger charge is -2.35. The molecule has 2 aliphatic rings. The molecule has 0 atom stereocenters. The summed E-state index contributed by atoms with van der Waals surface area (Å²) in [4.78, 5) is 26.1. The van der Waals surface area contributed by atoms with Crippen LogP contribution in [0.25, 0.3) is 0 Å². The fourth-order valence-electron chi connectivity index (χ4n) is 3.69. The molecule has 0 radical (unpaired) electrons. The van der Waals surface area contributed by atoms with Crippen molar-refractivity contribution in [3.8, 4) is 0 Å². The van der Waals surface area contributed by atoms with Crippen molar-refractivity contribution in [1.29, 1.82) is 0 Å². The van der Waals surface area contributed by atoms with Gasteiger partial charge in [0.05, 0.1) is 25.6 Å². The minimum Gasteiger partial charge on any atom is -0.378 e. The lowest BCUT2D eigenvalue weighted by molar-refractivity contribution is -0.140. The van der Waals surface area contributed by atoms with Gasteiger partial charge in [-0.15, -0.1) is 11.8 Å². The van der Waals surface area contributed by atoms with Gasteiger partial charge >= 0.3 is 0 Å². The highest BCUT2D eigenvalue weighted by molar-refractivity contribution is 7.98. The van der Waals surface area contributed by atoms with Crippen molar-refractivity contribution >= 4 is 23.5 Å². The molecule has 148 valence electrons. The van der Waals surface area contributed by atoms with Crippen molar-refractivity contribution in [3.63, 3.8) is 0 Å². The highest BCUT2D eigenvalue weighted by Crippen LogP contribution is 2.26. The largest absolute Gasteiger partial charge is 0.378 e. The first-order chi connectivity index (χ1) is 13.8. The maximum absolute atomic E-state index is 12.7. The number of amides is 1. The first-order valence-corrected chi connectivity index (χ1v) is 10.9. The van der Waals surface area contributed by atoms with E-state index >= 15 is 0 Å². The molecule has 2 saturated heterocycles. The maximum Gasteiger partial charge on any atom is 0.225 e. The van der Waals surface area contributed by atoms with Crippen LogP contribution in [0.2, 0.25) is 0 Å². The number of carbonyl (C=O) groups excluding carboxylic acids is 1. The molecule has 2 aliphatic heterocycles. The van der Waals surface area contributed by atoms with E-state index in [-0.39, 0.29) is 5.92 Å². The number of piperidine rings is 1. The van der Waals surface area contributed by atoms with E-state index in [0.29, 0.717) is 19.1 Å². The van der Waals surface area contributed by atoms with E-state index in [0.717, 1.165) is 55.6 Å². The Bertz CT molecular complexity index is 775. The van der Waals surface area contributed by atoms with Gasteiger partial charge in [0.15, 0.2) is 0 Å². The second kappa shape index (κ2) is 9.39. The van der Waals surface area contributed by atoms with E-state index in [2.05, 4.69) is 34.1 Å². The van der Waals surface area contributed by atoms with Gasteiger partial charge in [0.25, 0.3) is 0 Å². The van der Waals surface area contributed by atoms with E-state index in [9.17, 15) is 4.79 Å². The number of nitrogens with zero attached hydrogens (tertiary/aromatic N) is 4. The van der Waals surface area contributed by atoms with Crippen molar-refractivity contribution in [1.82, 2.24) is 14.9 Å². The fraction of sp³-hybridized carbons (Fsp3) is 0.476. The van der Waals surface area contributed by atoms with Crippen molar-refractivity contribution in [2.45, 2.75) is 23.6 Å². The van der Waals surface area contributed by atoms with E-state index < -0.39 is 0 Å². The first kappa shape index (κ1) is 19.2. The van der Waals surface area contributed by atoms with E-state index in [1.54, 1.807) is 11.8 Å². The number of morpholine rings is 1. The summed E-state index contributed by atoms with van der Waals surface area (Å²) in [5.74, 6) is 2.21. The van der Waals surface area contributed by atoms with E-state index in [1.807, 2.05) is 23.4 Å². The molecule has 0 unspecified atom stereocenters. The van der Waals surface area contributed by atoms with Gasteiger partial charge in [0.1, 0.15) is 10.8 Å². The topological polar surface area (TPSA) is 58.6 Å². The van der Waals surface area contributed by atoms with Crippen LogP contribution in [0.5, 0.6) is 0 Å². The second-order valence-electron chi connectivity index (χ2n) is 7.19. The molecule has 0 saturated carbocycles. The molecule has 0 bridgehead atoms. The average molecular weight is 399 g/mol. The molecule has 7 heteroatoms. The smallest absolute Gasteiger partial charge is 0.225 e. The third-order valence-corrected chi connectivity index (χ3v) is 6.29. The Hall–Kier alpha value is -2.12. The average Bonchev–Trinajstić information content (AvgIpc) is 2.79. The minimum absolute atomic E-state index is 0.123. The Kier molecular flexibility index (Phi) is 6.44. The number of rotatable bonds is 5. The lowest BCUT2D eigenvalue weighted by atomic mass is 9.95. The maximum atomic E-state index is 12.7. The SMILES string of the molecule is O=C(C1CCN(c2cncc(SCc3ccccc3)n2)CC1)N1CCOCC1. The number of benzene rings is 1. The molecule has 1 aromatic heterocycles. The Morgan fingerprint density at radius 1 is 1.07 bits per heavy atom. The van der Waals surface area contributed by atoms with Crippen LogP contribution in [-0.2, 0) is 15.3 Å². The number of aromatic nitrogens is 2. The number of hydrogen-bond donors (Lipinski definition) is 0. The van der Waals surface area contributed by atoms with Gasteiger partial charge in [0.2, 0.25) is 5.91 Å². The van der Waals surface area contributed by atoms with Crippen LogP contribution >= 0.6 is 11.8 Å². The number of thioether (sulfide) groups is 1. The van der Waals surface area contributed by atoms with Gasteiger partial charge in [-0.05, 0) is 18.4 Å². The van der Waals surface area contributed by atoms with Crippen molar-refractivity contribution in [3.05, 3.63) is 48.3 Å². The predicted octanol–water partition coefficient (Wildman–Crippen LogP) is 2.84. The van der Waals surface area contributed by atoms with Gasteiger partial charge in [-0.2, -0.15) is 0 Å². The summed E-state index contributed by atoms with van der Waals surface area (Å²) in [5, 5.41) is 0.938. The van der Waals surface area contributed by atoms with E-state index in [4.69, 9.17) is 9.72 Å². The third kappa shape index (κ3) is 4.83. The standard InChI is InChI=1S/C21H26N4O2S/c26-21(25-10-12-27-13-11-25)18-6-8-24(9-7-18)19-14-22-15-20(23-19)28-16-17-4-2-1-3-5-17/h1-5,14-15,18H,6-13,16H2. The zero-order chi connectivity index (χ0) is 19.2. The van der Waals surface area contributed by atoms with Crippen LogP contribution in [0.1, 0.15) is 18.4 Å². The highest BCUT2D eigenvalue weighted by atomic mass is 32.2. The summed E-state index contributed by atoms with van der Waals surface area (Å²) < 4.78 is 5.35. The number of carbonyl (C=O) groups is 1. The van der Waals surface area contributed by atoms with Crippen LogP contribution in [-0.4, -0.2) is 60.2 Å². The Labute approximate surface area is 170 Å². The van der Waals surface area contributed by atoms with Gasteiger partial charge in [-0.3, -0.25) is 9.78 Å². The molecular weight excluding hydrogens is 372 g/mol. The zero-order valence-corrected chi connectivity index (χ0v) is 16.8. The molecule has 0 N–H and O–H groups in total. The summed E-state index contributed by atoms with van der Waals surface area (Å²) in [6, 6.07) is 10.4. The number of hydrogen-bond acceptors (Lipinski definition) is 6. The molecule has 2 aromatic rings. The highest BCUT2D eigenvalue weighted by Gasteiger charge is 2.29. The number of anilines is 1. The summed E-state index contributed by atoms with van der Waals surface area (Å²) in [7, 11) is 0. The summed E-state index contributed by atoms with van der Waals surface area (Å²) in [6.07, 6.45) is 5.40. The summed E-state index contributed by atoms with van der Waals surface area (Å²) >= 11 is 1.70. The van der Waals surface area contributed by atoms with Crippen molar-refractivity contribution in [2.75, 3.05) is 44.3 Å². The molecule has 4 rings (SSSR count). The van der Waals surface area contributed by atoms with E-state index in [1.165, 1.54) is 5.56 Å². The first-order valence-electron chi connectivity index (χ1n) is 9.90. The van der Waals surface area contributed by atoms with Crippen molar-refractivity contribution < 1.29 is 9.53 Å². The minimum atomic E-state index is 0.123. The quantitative estimate of drug-likeness (QED) is 0.722. The molecule has 0 spiro atoms. The molecule has 1 amide bonds. The molecule has 3 heterocycles. The molecule has 6 nitrogen and oxygen atoms in total. The van der Waals surface area contributed by atoms with Crippen LogP contribution < -0.4 is 4.90 Å². The van der Waals surface area contributed by atoms with Gasteiger partial charge in [-0.1, -0.05) is 30.3 Å². The Balaban J connectivity index is 1.31. The zero-order valence-electron chi connectivity index (χ0n) is 16.0. The molecule has 1 aromatic carbocycles. The number of ether oxygens (including phenoxy) is 1. The van der Waals surface area contributed by atoms with Crippen LogP contribution in [0, 0.1) is 5.92 Å². The molecular formula is C21H26N4O2S. The third-order valence-electron chi connectivity index (χ3n) is 5.32. The Morgan fingerprint density at radius 3 is 2.57 bits per heavy atom. The fourth-order valence-corrected chi connectivity index (χ4v) is 4.49. The van der Waals surface area contributed by atoms with Gasteiger partial charge in [-0.25, -0.2) is 4.98 Å². The normalized spacial score (nSPS) is 18.3. The monoisotopic (exact) mass is 398 g/mol. The second-order valence-corrected chi connectivity index (χ2v) is 8.18. The van der Waals surface area contributed by atoms with Crippen LogP contribution in [0.4, 0.5) is 5.82 Å².